The van der Waals surface area contributed by atoms with Gasteiger partial charge in [-0.1, -0.05) is 19.3 Å². The fraction of sp³-hybridized carbons (Fsp3) is 0.611. The minimum absolute atomic E-state index is 0.135. The van der Waals surface area contributed by atoms with E-state index in [-0.39, 0.29) is 16.8 Å². The molecule has 0 saturated carbocycles. The van der Waals surface area contributed by atoms with Crippen LogP contribution >= 0.6 is 0 Å². The molecule has 2 heterocycles. The molecule has 1 atom stereocenters. The molecule has 1 saturated heterocycles. The van der Waals surface area contributed by atoms with E-state index in [0.29, 0.717) is 6.54 Å². The van der Waals surface area contributed by atoms with E-state index in [4.69, 9.17) is 5.14 Å². The molecule has 0 bridgehead atoms. The second-order valence-electron chi connectivity index (χ2n) is 7.17. The molecular weight excluding hydrogens is 338 g/mol. The van der Waals surface area contributed by atoms with Gasteiger partial charge in [-0.3, -0.25) is 4.79 Å². The lowest BCUT2D eigenvalue weighted by atomic mass is 10.1. The van der Waals surface area contributed by atoms with E-state index in [2.05, 4.69) is 11.8 Å². The van der Waals surface area contributed by atoms with Crippen molar-refractivity contribution >= 4 is 21.6 Å². The van der Waals surface area contributed by atoms with Crippen LogP contribution in [-0.2, 0) is 21.2 Å². The summed E-state index contributed by atoms with van der Waals surface area (Å²) < 4.78 is 23.1. The number of likely N-dealkylation sites (tertiary alicyclic amines) is 1. The molecule has 2 aliphatic rings. The quantitative estimate of drug-likeness (QED) is 0.886. The maximum atomic E-state index is 12.8. The zero-order chi connectivity index (χ0) is 18.0. The first kappa shape index (κ1) is 18.2. The van der Waals surface area contributed by atoms with Gasteiger partial charge in [-0.25, -0.2) is 13.6 Å². The summed E-state index contributed by atoms with van der Waals surface area (Å²) in [5, 5.41) is 5.22. The third-order valence-corrected chi connectivity index (χ3v) is 6.16. The summed E-state index contributed by atoms with van der Waals surface area (Å²) in [6, 6.07) is 5.12. The van der Waals surface area contributed by atoms with Crippen molar-refractivity contribution in [2.75, 3.05) is 24.5 Å². The molecule has 6 nitrogen and oxygen atoms in total. The molecule has 138 valence electrons. The Morgan fingerprint density at radius 1 is 1.16 bits per heavy atom. The molecule has 0 aromatic heterocycles. The summed E-state index contributed by atoms with van der Waals surface area (Å²) in [6.45, 7) is 4.11. The minimum Gasteiger partial charge on any atom is -0.359 e. The van der Waals surface area contributed by atoms with Crippen LogP contribution in [0.3, 0.4) is 0 Å². The average Bonchev–Trinajstić information content (AvgIpc) is 2.81. The van der Waals surface area contributed by atoms with Crippen molar-refractivity contribution in [2.45, 2.75) is 56.4 Å². The Balaban J connectivity index is 1.74. The van der Waals surface area contributed by atoms with Gasteiger partial charge < -0.3 is 9.80 Å². The summed E-state index contributed by atoms with van der Waals surface area (Å²) in [6.07, 6.45) is 6.55. The van der Waals surface area contributed by atoms with Gasteiger partial charge in [0.25, 0.3) is 0 Å². The normalized spacial score (nSPS) is 21.6. The predicted molar refractivity (Wildman–Crippen MR) is 98.0 cm³/mol. The lowest BCUT2D eigenvalue weighted by Crippen LogP contribution is -2.43. The number of benzene rings is 1. The topological polar surface area (TPSA) is 83.7 Å². The molecule has 3 rings (SSSR count). The Hall–Kier alpha value is -1.60. The second-order valence-corrected chi connectivity index (χ2v) is 8.73. The number of primary sulfonamides is 1. The summed E-state index contributed by atoms with van der Waals surface area (Å²) in [4.78, 5) is 17.0. The molecule has 2 N–H and O–H groups in total. The van der Waals surface area contributed by atoms with Crippen LogP contribution < -0.4 is 10.0 Å². The van der Waals surface area contributed by atoms with Crippen LogP contribution in [0, 0.1) is 0 Å². The first-order valence-corrected chi connectivity index (χ1v) is 10.6. The third kappa shape index (κ3) is 4.15. The Bertz CT molecular complexity index is 740. The molecule has 0 aliphatic carbocycles. The number of carbonyl (C=O) groups excluding carboxylic acids is 1. The van der Waals surface area contributed by atoms with E-state index in [1.54, 1.807) is 12.1 Å². The third-order valence-electron chi connectivity index (χ3n) is 5.25. The number of hydrogen-bond donors (Lipinski definition) is 1. The number of carbonyl (C=O) groups is 1. The van der Waals surface area contributed by atoms with Gasteiger partial charge in [0, 0.05) is 24.8 Å². The van der Waals surface area contributed by atoms with Crippen molar-refractivity contribution in [3.05, 3.63) is 23.8 Å². The molecule has 1 fully saturated rings. The number of sulfonamides is 1. The number of nitrogens with two attached hydrogens (primary N) is 1. The van der Waals surface area contributed by atoms with E-state index >= 15 is 0 Å². The number of anilines is 1. The molecule has 1 amide bonds. The van der Waals surface area contributed by atoms with Crippen molar-refractivity contribution < 1.29 is 13.2 Å². The van der Waals surface area contributed by atoms with Crippen LogP contribution in [0.25, 0.3) is 0 Å². The van der Waals surface area contributed by atoms with Gasteiger partial charge in [-0.15, -0.1) is 0 Å². The fourth-order valence-corrected chi connectivity index (χ4v) is 4.40. The smallest absolute Gasteiger partial charge is 0.242 e. The van der Waals surface area contributed by atoms with E-state index in [0.717, 1.165) is 43.6 Å². The molecule has 0 radical (unpaired) electrons. The molecule has 1 aromatic carbocycles. The molecule has 25 heavy (non-hydrogen) atoms. The average molecular weight is 365 g/mol. The van der Waals surface area contributed by atoms with Gasteiger partial charge in [0.15, 0.2) is 0 Å². The van der Waals surface area contributed by atoms with Crippen molar-refractivity contribution in [1.29, 1.82) is 0 Å². The highest BCUT2D eigenvalue weighted by Gasteiger charge is 2.30. The maximum absolute atomic E-state index is 12.8. The van der Waals surface area contributed by atoms with E-state index in [1.807, 2.05) is 4.90 Å². The van der Waals surface area contributed by atoms with E-state index in [9.17, 15) is 13.2 Å². The predicted octanol–water partition coefficient (Wildman–Crippen LogP) is 1.88. The largest absolute Gasteiger partial charge is 0.359 e. The van der Waals surface area contributed by atoms with Crippen LogP contribution in [0.2, 0.25) is 0 Å². The Morgan fingerprint density at radius 2 is 1.80 bits per heavy atom. The zero-order valence-corrected chi connectivity index (χ0v) is 15.6. The lowest BCUT2D eigenvalue weighted by Gasteiger charge is -2.30. The SMILES string of the molecule is CC1Cc2cc(S(N)(=O)=O)ccc2N1CC(=O)N1CCCCCCC1. The Kier molecular flexibility index (Phi) is 5.34. The van der Waals surface area contributed by atoms with E-state index < -0.39 is 10.0 Å². The summed E-state index contributed by atoms with van der Waals surface area (Å²) in [5.74, 6) is 0.164. The molecular formula is C18H27N3O3S. The number of hydrogen-bond acceptors (Lipinski definition) is 4. The fourth-order valence-electron chi connectivity index (χ4n) is 3.83. The molecule has 7 heteroatoms. The van der Waals surface area contributed by atoms with Crippen LogP contribution in [-0.4, -0.2) is 44.9 Å². The van der Waals surface area contributed by atoms with Crippen LogP contribution in [0.5, 0.6) is 0 Å². The van der Waals surface area contributed by atoms with Gasteiger partial charge in [0.2, 0.25) is 15.9 Å². The summed E-state index contributed by atoms with van der Waals surface area (Å²) in [7, 11) is -3.70. The van der Waals surface area contributed by atoms with Crippen molar-refractivity contribution in [1.82, 2.24) is 4.90 Å². The number of nitrogens with zero attached hydrogens (tertiary/aromatic N) is 2. The number of rotatable bonds is 3. The van der Waals surface area contributed by atoms with Crippen LogP contribution in [0.1, 0.15) is 44.6 Å². The number of fused-ring (bicyclic) bond motifs is 1. The Morgan fingerprint density at radius 3 is 2.44 bits per heavy atom. The highest BCUT2D eigenvalue weighted by molar-refractivity contribution is 7.89. The highest BCUT2D eigenvalue weighted by Crippen LogP contribution is 2.33. The van der Waals surface area contributed by atoms with Gasteiger partial charge in [-0.2, -0.15) is 0 Å². The first-order chi connectivity index (χ1) is 11.9. The summed E-state index contributed by atoms with van der Waals surface area (Å²) in [5.41, 5.74) is 1.89. The highest BCUT2D eigenvalue weighted by atomic mass is 32.2. The van der Waals surface area contributed by atoms with Crippen molar-refractivity contribution in [3.63, 3.8) is 0 Å². The van der Waals surface area contributed by atoms with Crippen molar-refractivity contribution in [2.24, 2.45) is 5.14 Å². The second kappa shape index (κ2) is 7.33. The van der Waals surface area contributed by atoms with Gasteiger partial charge in [0.05, 0.1) is 11.4 Å². The first-order valence-electron chi connectivity index (χ1n) is 9.06. The Labute approximate surface area is 150 Å². The van der Waals surface area contributed by atoms with Crippen LogP contribution in [0.4, 0.5) is 5.69 Å². The molecule has 1 unspecified atom stereocenters. The number of amides is 1. The monoisotopic (exact) mass is 365 g/mol. The minimum atomic E-state index is -3.70. The van der Waals surface area contributed by atoms with Gasteiger partial charge in [0.1, 0.15) is 0 Å². The zero-order valence-electron chi connectivity index (χ0n) is 14.8. The molecule has 2 aliphatic heterocycles. The van der Waals surface area contributed by atoms with Crippen molar-refractivity contribution in [3.8, 4) is 0 Å². The van der Waals surface area contributed by atoms with E-state index in [1.165, 1.54) is 25.3 Å². The van der Waals surface area contributed by atoms with Gasteiger partial charge in [-0.05, 0) is 49.9 Å². The molecule has 1 aromatic rings. The summed E-state index contributed by atoms with van der Waals surface area (Å²) >= 11 is 0. The van der Waals surface area contributed by atoms with Crippen LogP contribution in [0.15, 0.2) is 23.1 Å². The molecule has 0 spiro atoms. The lowest BCUT2D eigenvalue weighted by molar-refractivity contribution is -0.130. The van der Waals surface area contributed by atoms with Gasteiger partial charge >= 0.3 is 0 Å². The maximum Gasteiger partial charge on any atom is 0.242 e. The standard InChI is InChI=1S/C18H27N3O3S/c1-14-11-15-12-16(25(19,23)24)7-8-17(15)21(14)13-18(22)20-9-5-3-2-4-6-10-20/h7-8,12,14H,2-6,9-11,13H2,1H3,(H2,19,23,24).